The van der Waals surface area contributed by atoms with Crippen LogP contribution in [0, 0.1) is 11.3 Å². The monoisotopic (exact) mass is 384 g/mol. The van der Waals surface area contributed by atoms with E-state index in [1.165, 1.54) is 0 Å². The summed E-state index contributed by atoms with van der Waals surface area (Å²) in [4.78, 5) is 4.75. The Kier molecular flexibility index (Phi) is 4.90. The molecule has 0 radical (unpaired) electrons. The second kappa shape index (κ2) is 7.23. The second-order valence-electron chi connectivity index (χ2n) is 7.53. The highest BCUT2D eigenvalue weighted by Crippen LogP contribution is 2.44. The largest absolute Gasteiger partial charge is 0.381 e. The third kappa shape index (κ3) is 3.19. The molecule has 0 saturated carbocycles. The molecule has 1 aliphatic heterocycles. The van der Waals surface area contributed by atoms with E-state index < -0.39 is 17.9 Å². The van der Waals surface area contributed by atoms with Gasteiger partial charge in [0.05, 0.1) is 17.9 Å². The van der Waals surface area contributed by atoms with Gasteiger partial charge in [-0.25, -0.2) is 8.78 Å². The second-order valence-corrected chi connectivity index (χ2v) is 7.53. The minimum atomic E-state index is -2.79. The van der Waals surface area contributed by atoms with E-state index in [0.29, 0.717) is 41.1 Å². The van der Waals surface area contributed by atoms with Crippen molar-refractivity contribution in [3.63, 3.8) is 0 Å². The van der Waals surface area contributed by atoms with E-state index in [0.717, 1.165) is 12.0 Å². The SMILES string of the molecule is COCC1(c2nc3c(c(-c4ccccc4)c2C#N)CC(F)(F)CC3)CCCO1. The van der Waals surface area contributed by atoms with Gasteiger partial charge < -0.3 is 9.47 Å². The number of aromatic nitrogens is 1. The highest BCUT2D eigenvalue weighted by atomic mass is 19.3. The van der Waals surface area contributed by atoms with Crippen LogP contribution >= 0.6 is 0 Å². The number of fused-ring (bicyclic) bond motifs is 1. The standard InChI is InChI=1S/C22H22F2N2O2/c1-27-14-21(9-5-11-28-21)20-17(13-25)19(15-6-3-2-4-7-15)16-12-22(23,24)10-8-18(16)26-20/h2-4,6-7H,5,8-12,14H2,1H3. The van der Waals surface area contributed by atoms with Gasteiger partial charge in [0.25, 0.3) is 5.92 Å². The number of nitrogens with zero attached hydrogens (tertiary/aromatic N) is 2. The Bertz CT molecular complexity index is 916. The number of ether oxygens (including phenoxy) is 2. The first-order valence-corrected chi connectivity index (χ1v) is 9.52. The number of halogens is 2. The predicted molar refractivity (Wildman–Crippen MR) is 100 cm³/mol. The molecule has 1 aliphatic carbocycles. The first-order chi connectivity index (χ1) is 13.5. The molecule has 1 saturated heterocycles. The number of aryl methyl sites for hydroxylation is 1. The van der Waals surface area contributed by atoms with Gasteiger partial charge in [-0.3, -0.25) is 4.98 Å². The van der Waals surface area contributed by atoms with Gasteiger partial charge in [-0.15, -0.1) is 0 Å². The van der Waals surface area contributed by atoms with Crippen molar-refractivity contribution < 1.29 is 18.3 Å². The van der Waals surface area contributed by atoms with Crippen LogP contribution in [0.15, 0.2) is 30.3 Å². The quantitative estimate of drug-likeness (QED) is 0.784. The summed E-state index contributed by atoms with van der Waals surface area (Å²) in [5.74, 6) is -2.79. The molecule has 1 atom stereocenters. The van der Waals surface area contributed by atoms with Gasteiger partial charge in [-0.2, -0.15) is 5.26 Å². The fourth-order valence-corrected chi connectivity index (χ4v) is 4.38. The maximum atomic E-state index is 14.3. The molecule has 1 aromatic carbocycles. The Morgan fingerprint density at radius 2 is 2.04 bits per heavy atom. The van der Waals surface area contributed by atoms with Crippen LogP contribution in [0.3, 0.4) is 0 Å². The number of benzene rings is 1. The fourth-order valence-electron chi connectivity index (χ4n) is 4.38. The van der Waals surface area contributed by atoms with E-state index in [-0.39, 0.29) is 19.4 Å². The average Bonchev–Trinajstić information content (AvgIpc) is 3.16. The number of hydrogen-bond donors (Lipinski definition) is 0. The van der Waals surface area contributed by atoms with Crippen LogP contribution in [0.25, 0.3) is 11.1 Å². The number of pyridine rings is 1. The Morgan fingerprint density at radius 1 is 1.25 bits per heavy atom. The summed E-state index contributed by atoms with van der Waals surface area (Å²) >= 11 is 0. The lowest BCUT2D eigenvalue weighted by Gasteiger charge is -2.32. The molecule has 28 heavy (non-hydrogen) atoms. The van der Waals surface area contributed by atoms with Crippen molar-refractivity contribution in [1.82, 2.24) is 4.98 Å². The van der Waals surface area contributed by atoms with Crippen LogP contribution < -0.4 is 0 Å². The molecule has 4 rings (SSSR count). The summed E-state index contributed by atoms with van der Waals surface area (Å²) in [7, 11) is 1.59. The first kappa shape index (κ1) is 19.0. The molecule has 0 N–H and O–H groups in total. The summed E-state index contributed by atoms with van der Waals surface area (Å²) in [6.45, 7) is 0.837. The van der Waals surface area contributed by atoms with Crippen LogP contribution in [0.5, 0.6) is 0 Å². The summed E-state index contributed by atoms with van der Waals surface area (Å²) in [5.41, 5.74) is 2.48. The summed E-state index contributed by atoms with van der Waals surface area (Å²) < 4.78 is 40.0. The van der Waals surface area contributed by atoms with Crippen molar-refractivity contribution >= 4 is 0 Å². The van der Waals surface area contributed by atoms with Crippen molar-refractivity contribution in [2.45, 2.75) is 43.6 Å². The van der Waals surface area contributed by atoms with E-state index in [9.17, 15) is 14.0 Å². The van der Waals surface area contributed by atoms with Gasteiger partial charge in [-0.05, 0) is 30.4 Å². The lowest BCUT2D eigenvalue weighted by molar-refractivity contribution is -0.0594. The number of alkyl halides is 2. The van der Waals surface area contributed by atoms with Crippen molar-refractivity contribution in [1.29, 1.82) is 5.26 Å². The molecule has 2 aromatic rings. The predicted octanol–water partition coefficient (Wildman–Crippen LogP) is 4.40. The normalized spacial score (nSPS) is 23.2. The van der Waals surface area contributed by atoms with Gasteiger partial charge in [0.1, 0.15) is 11.7 Å². The zero-order valence-corrected chi connectivity index (χ0v) is 15.8. The Balaban J connectivity index is 2.01. The van der Waals surface area contributed by atoms with Crippen LogP contribution in [-0.4, -0.2) is 31.2 Å². The highest BCUT2D eigenvalue weighted by Gasteiger charge is 2.44. The molecule has 1 fully saturated rings. The summed E-state index contributed by atoms with van der Waals surface area (Å²) in [6, 6.07) is 11.5. The van der Waals surface area contributed by atoms with Gasteiger partial charge in [0.2, 0.25) is 0 Å². The molecule has 2 heterocycles. The van der Waals surface area contributed by atoms with Gasteiger partial charge in [0.15, 0.2) is 0 Å². The van der Waals surface area contributed by atoms with Gasteiger partial charge in [0, 0.05) is 37.8 Å². The minimum absolute atomic E-state index is 0.184. The molecule has 1 aromatic heterocycles. The molecular formula is C22H22F2N2O2. The van der Waals surface area contributed by atoms with E-state index >= 15 is 0 Å². The number of hydrogen-bond acceptors (Lipinski definition) is 4. The van der Waals surface area contributed by atoms with E-state index in [4.69, 9.17) is 14.5 Å². The fraction of sp³-hybridized carbons (Fsp3) is 0.455. The van der Waals surface area contributed by atoms with Crippen molar-refractivity contribution in [2.75, 3.05) is 20.3 Å². The number of methoxy groups -OCH3 is 1. The molecule has 2 aliphatic rings. The lowest BCUT2D eigenvalue weighted by Crippen LogP contribution is -2.35. The zero-order valence-electron chi connectivity index (χ0n) is 15.8. The third-order valence-corrected chi connectivity index (χ3v) is 5.63. The molecule has 4 nitrogen and oxygen atoms in total. The third-order valence-electron chi connectivity index (χ3n) is 5.63. The summed E-state index contributed by atoms with van der Waals surface area (Å²) in [5, 5.41) is 10.1. The Hall–Kier alpha value is -2.36. The Morgan fingerprint density at radius 3 is 2.68 bits per heavy atom. The van der Waals surface area contributed by atoms with E-state index in [2.05, 4.69) is 6.07 Å². The Labute approximate surface area is 163 Å². The topological polar surface area (TPSA) is 55.1 Å². The molecule has 0 amide bonds. The van der Waals surface area contributed by atoms with Gasteiger partial charge in [-0.1, -0.05) is 30.3 Å². The first-order valence-electron chi connectivity index (χ1n) is 9.52. The van der Waals surface area contributed by atoms with E-state index in [1.54, 1.807) is 7.11 Å². The molecule has 6 heteroatoms. The van der Waals surface area contributed by atoms with Crippen molar-refractivity contribution in [3.05, 3.63) is 52.8 Å². The number of rotatable bonds is 4. The average molecular weight is 384 g/mol. The lowest BCUT2D eigenvalue weighted by atomic mass is 9.81. The highest BCUT2D eigenvalue weighted by molar-refractivity contribution is 5.76. The molecule has 1 unspecified atom stereocenters. The number of nitriles is 1. The zero-order chi connectivity index (χ0) is 19.8. The van der Waals surface area contributed by atoms with Crippen molar-refractivity contribution in [2.24, 2.45) is 0 Å². The molecule has 0 spiro atoms. The molecular weight excluding hydrogens is 362 g/mol. The maximum absolute atomic E-state index is 14.3. The molecule has 0 bridgehead atoms. The van der Waals surface area contributed by atoms with Crippen LogP contribution in [0.4, 0.5) is 8.78 Å². The molecule has 146 valence electrons. The maximum Gasteiger partial charge on any atom is 0.252 e. The van der Waals surface area contributed by atoms with Crippen LogP contribution in [0.2, 0.25) is 0 Å². The van der Waals surface area contributed by atoms with Crippen LogP contribution in [0.1, 0.15) is 41.8 Å². The minimum Gasteiger partial charge on any atom is -0.381 e. The van der Waals surface area contributed by atoms with Crippen LogP contribution in [-0.2, 0) is 27.9 Å². The van der Waals surface area contributed by atoms with E-state index in [1.807, 2.05) is 30.3 Å². The smallest absolute Gasteiger partial charge is 0.252 e. The summed E-state index contributed by atoms with van der Waals surface area (Å²) in [6.07, 6.45) is 1.08. The van der Waals surface area contributed by atoms with Gasteiger partial charge >= 0.3 is 0 Å². The van der Waals surface area contributed by atoms with Crippen molar-refractivity contribution in [3.8, 4) is 17.2 Å².